The zero-order valence-electron chi connectivity index (χ0n) is 18.4. The van der Waals surface area contributed by atoms with Crippen molar-refractivity contribution >= 4 is 17.2 Å². The van der Waals surface area contributed by atoms with Crippen LogP contribution < -0.4 is 14.8 Å². The summed E-state index contributed by atoms with van der Waals surface area (Å²) in [5, 5.41) is 3.63. The highest BCUT2D eigenvalue weighted by Crippen LogP contribution is 2.29. The molecule has 0 spiro atoms. The number of carbonyl (C=O) groups is 1. The molecule has 0 aliphatic carbocycles. The molecule has 0 atom stereocenters. The van der Waals surface area contributed by atoms with Crippen LogP contribution in [0.2, 0.25) is 0 Å². The van der Waals surface area contributed by atoms with Crippen LogP contribution in [0.15, 0.2) is 41.0 Å². The first-order valence-corrected chi connectivity index (χ1v) is 11.2. The van der Waals surface area contributed by atoms with E-state index in [0.29, 0.717) is 41.1 Å². The summed E-state index contributed by atoms with van der Waals surface area (Å²) in [5.41, 5.74) is 1.33. The maximum Gasteiger partial charge on any atom is 0.271 e. The zero-order chi connectivity index (χ0) is 22.2. The van der Waals surface area contributed by atoms with Gasteiger partial charge in [-0.1, -0.05) is 19.9 Å². The number of nitrogens with zero attached hydrogens (tertiary/aromatic N) is 2. The normalized spacial score (nSPS) is 11.0. The van der Waals surface area contributed by atoms with E-state index in [1.807, 2.05) is 31.2 Å². The molecule has 2 aromatic heterocycles. The van der Waals surface area contributed by atoms with E-state index in [2.05, 4.69) is 29.0 Å². The van der Waals surface area contributed by atoms with Crippen molar-refractivity contribution < 1.29 is 18.7 Å². The number of aromatic nitrogens is 1. The monoisotopic (exact) mass is 443 g/mol. The van der Waals surface area contributed by atoms with Gasteiger partial charge in [-0.3, -0.25) is 4.79 Å². The van der Waals surface area contributed by atoms with Crippen molar-refractivity contribution in [3.05, 3.63) is 52.7 Å². The van der Waals surface area contributed by atoms with Gasteiger partial charge in [-0.2, -0.15) is 0 Å². The molecule has 0 radical (unpaired) electrons. The number of furan rings is 1. The highest BCUT2D eigenvalue weighted by Gasteiger charge is 2.17. The third-order valence-corrected chi connectivity index (χ3v) is 5.97. The fraction of sp³-hybridized carbons (Fsp3) is 0.391. The molecular formula is C23H29N3O4S. The van der Waals surface area contributed by atoms with Gasteiger partial charge in [-0.15, -0.1) is 11.3 Å². The number of thiazole rings is 1. The van der Waals surface area contributed by atoms with Gasteiger partial charge < -0.3 is 24.1 Å². The molecule has 3 rings (SSSR count). The quantitative estimate of drug-likeness (QED) is 0.474. The van der Waals surface area contributed by atoms with Crippen LogP contribution in [0.5, 0.6) is 11.5 Å². The number of aryl methyl sites for hydroxylation is 1. The Morgan fingerprint density at radius 2 is 2.03 bits per heavy atom. The Hall–Kier alpha value is -2.84. The highest BCUT2D eigenvalue weighted by molar-refractivity contribution is 7.15. The van der Waals surface area contributed by atoms with Crippen LogP contribution in [0.1, 0.15) is 34.8 Å². The molecule has 0 saturated heterocycles. The number of methoxy groups -OCH3 is 1. The lowest BCUT2D eigenvalue weighted by Gasteiger charge is -2.19. The fourth-order valence-corrected chi connectivity index (χ4v) is 4.02. The van der Waals surface area contributed by atoms with E-state index in [0.717, 1.165) is 30.1 Å². The average molecular weight is 444 g/mol. The highest BCUT2D eigenvalue weighted by atomic mass is 32.1. The number of carbonyl (C=O) groups excluding carboxylic acids is 1. The molecule has 0 fully saturated rings. The van der Waals surface area contributed by atoms with Gasteiger partial charge in [0.15, 0.2) is 22.3 Å². The van der Waals surface area contributed by atoms with E-state index < -0.39 is 0 Å². The van der Waals surface area contributed by atoms with Crippen molar-refractivity contribution in [1.82, 2.24) is 15.2 Å². The van der Waals surface area contributed by atoms with Crippen molar-refractivity contribution in [3.63, 3.8) is 0 Å². The average Bonchev–Trinajstić information content (AvgIpc) is 3.45. The molecule has 3 aromatic rings. The minimum Gasteiger partial charge on any atom is -0.493 e. The van der Waals surface area contributed by atoms with Crippen LogP contribution in [-0.4, -0.2) is 49.1 Å². The Morgan fingerprint density at radius 3 is 2.71 bits per heavy atom. The summed E-state index contributed by atoms with van der Waals surface area (Å²) in [6.45, 7) is 9.97. The summed E-state index contributed by atoms with van der Waals surface area (Å²) < 4.78 is 16.7. The van der Waals surface area contributed by atoms with Gasteiger partial charge in [0.05, 0.1) is 13.4 Å². The minimum atomic E-state index is -0.218. The van der Waals surface area contributed by atoms with Crippen molar-refractivity contribution in [2.24, 2.45) is 0 Å². The molecule has 1 aromatic carbocycles. The molecule has 0 bridgehead atoms. The summed E-state index contributed by atoms with van der Waals surface area (Å²) in [6.07, 6.45) is 1.59. The first kappa shape index (κ1) is 22.8. The Bertz CT molecular complexity index is 981. The predicted molar refractivity (Wildman–Crippen MR) is 122 cm³/mol. The van der Waals surface area contributed by atoms with Crippen LogP contribution in [0, 0.1) is 6.92 Å². The van der Waals surface area contributed by atoms with E-state index in [1.54, 1.807) is 19.4 Å². The van der Waals surface area contributed by atoms with E-state index >= 15 is 0 Å². The van der Waals surface area contributed by atoms with Crippen molar-refractivity contribution in [2.45, 2.75) is 27.3 Å². The topological polar surface area (TPSA) is 76.8 Å². The Balaban J connectivity index is 1.59. The molecule has 31 heavy (non-hydrogen) atoms. The molecule has 0 aliphatic heterocycles. The summed E-state index contributed by atoms with van der Waals surface area (Å²) in [5.74, 6) is 1.79. The maximum atomic E-state index is 12.6. The number of ether oxygens (including phenoxy) is 2. The first-order valence-electron chi connectivity index (χ1n) is 10.4. The molecule has 1 amide bonds. The molecule has 0 aliphatic rings. The largest absolute Gasteiger partial charge is 0.493 e. The van der Waals surface area contributed by atoms with Crippen molar-refractivity contribution in [1.29, 1.82) is 0 Å². The second-order valence-corrected chi connectivity index (χ2v) is 8.15. The molecule has 0 saturated carbocycles. The summed E-state index contributed by atoms with van der Waals surface area (Å²) in [4.78, 5) is 20.2. The third-order valence-electron chi connectivity index (χ3n) is 4.98. The fourth-order valence-electron chi connectivity index (χ4n) is 3.14. The number of nitrogens with one attached hydrogen (secondary N) is 1. The van der Waals surface area contributed by atoms with Crippen molar-refractivity contribution in [2.75, 3.05) is 33.4 Å². The first-order chi connectivity index (χ1) is 15.0. The zero-order valence-corrected chi connectivity index (χ0v) is 19.3. The molecule has 166 valence electrons. The van der Waals surface area contributed by atoms with Gasteiger partial charge >= 0.3 is 0 Å². The van der Waals surface area contributed by atoms with Crippen LogP contribution in [-0.2, 0) is 6.54 Å². The van der Waals surface area contributed by atoms with Crippen molar-refractivity contribution in [3.8, 4) is 22.3 Å². The summed E-state index contributed by atoms with van der Waals surface area (Å²) in [7, 11) is 1.61. The standard InChI is InChI=1S/C23H29N3O4S/c1-5-26(6-2)11-13-30-18-10-9-17(14-20(18)28-4)15-24-22(27)21-16(3)31-23(25-21)19-8-7-12-29-19/h7-10,12,14H,5-6,11,13,15H2,1-4H3,(H,24,27). The predicted octanol–water partition coefficient (Wildman–Crippen LogP) is 4.37. The summed E-state index contributed by atoms with van der Waals surface area (Å²) >= 11 is 1.44. The lowest BCUT2D eigenvalue weighted by atomic mass is 10.2. The lowest BCUT2D eigenvalue weighted by molar-refractivity contribution is 0.0946. The molecular weight excluding hydrogens is 414 g/mol. The van der Waals surface area contributed by atoms with Gasteiger partial charge in [0.1, 0.15) is 12.3 Å². The molecule has 2 heterocycles. The van der Waals surface area contributed by atoms with E-state index in [9.17, 15) is 4.79 Å². The second-order valence-electron chi connectivity index (χ2n) is 6.94. The number of amides is 1. The SMILES string of the molecule is CCN(CC)CCOc1ccc(CNC(=O)c2nc(-c3ccco3)sc2C)cc1OC. The Morgan fingerprint density at radius 1 is 1.23 bits per heavy atom. The van der Waals surface area contributed by atoms with E-state index in [1.165, 1.54) is 11.3 Å². The summed E-state index contributed by atoms with van der Waals surface area (Å²) in [6, 6.07) is 9.33. The van der Waals surface area contributed by atoms with Gasteiger partial charge in [-0.25, -0.2) is 4.98 Å². The maximum absolute atomic E-state index is 12.6. The minimum absolute atomic E-state index is 0.218. The van der Waals surface area contributed by atoms with Crippen LogP contribution >= 0.6 is 11.3 Å². The number of benzene rings is 1. The van der Waals surface area contributed by atoms with Gasteiger partial charge in [0, 0.05) is 18.0 Å². The van der Waals surface area contributed by atoms with Gasteiger partial charge in [0.2, 0.25) is 0 Å². The Kier molecular flexibility index (Phi) is 8.08. The number of likely N-dealkylation sites (N-methyl/N-ethyl adjacent to an activating group) is 1. The van der Waals surface area contributed by atoms with Crippen LogP contribution in [0.25, 0.3) is 10.8 Å². The number of hydrogen-bond donors (Lipinski definition) is 1. The van der Waals surface area contributed by atoms with E-state index in [4.69, 9.17) is 13.9 Å². The van der Waals surface area contributed by atoms with E-state index in [-0.39, 0.29) is 5.91 Å². The van der Waals surface area contributed by atoms with Gasteiger partial charge in [-0.05, 0) is 49.8 Å². The van der Waals surface area contributed by atoms with Gasteiger partial charge in [0.25, 0.3) is 5.91 Å². The van der Waals surface area contributed by atoms with Crippen LogP contribution in [0.3, 0.4) is 0 Å². The Labute approximate surface area is 187 Å². The molecule has 0 unspecified atom stereocenters. The molecule has 1 N–H and O–H groups in total. The third kappa shape index (κ3) is 5.86. The second kappa shape index (κ2) is 11.0. The molecule has 7 nitrogen and oxygen atoms in total. The van der Waals surface area contributed by atoms with Crippen LogP contribution in [0.4, 0.5) is 0 Å². The number of rotatable bonds is 11. The number of hydrogen-bond acceptors (Lipinski definition) is 7. The molecule has 8 heteroatoms. The lowest BCUT2D eigenvalue weighted by Crippen LogP contribution is -2.28. The smallest absolute Gasteiger partial charge is 0.271 e.